The van der Waals surface area contributed by atoms with Crippen molar-refractivity contribution in [3.05, 3.63) is 64.7 Å². The minimum atomic E-state index is -4.22. The third-order valence-corrected chi connectivity index (χ3v) is 4.72. The molecule has 2 N–H and O–H groups in total. The second-order valence-corrected chi connectivity index (χ2v) is 6.61. The Bertz CT molecular complexity index is 783. The Kier molecular flexibility index (Phi) is 5.12. The van der Waals surface area contributed by atoms with E-state index in [1.807, 2.05) is 0 Å². The SMILES string of the molecule is O=S(=O)(NCC(O)c1ccccc1Cl)c1ccc(F)cc1F. The molecular formula is C14H12ClF2NO3S. The smallest absolute Gasteiger partial charge is 0.243 e. The number of rotatable bonds is 5. The van der Waals surface area contributed by atoms with Gasteiger partial charge in [0.05, 0.1) is 6.10 Å². The molecule has 2 aromatic carbocycles. The first-order valence-electron chi connectivity index (χ1n) is 6.18. The Morgan fingerprint density at radius 3 is 2.50 bits per heavy atom. The quantitative estimate of drug-likeness (QED) is 0.873. The summed E-state index contributed by atoms with van der Waals surface area (Å²) in [4.78, 5) is -0.694. The molecule has 0 bridgehead atoms. The van der Waals surface area contributed by atoms with E-state index < -0.39 is 39.2 Å². The molecule has 0 spiro atoms. The minimum Gasteiger partial charge on any atom is -0.387 e. The van der Waals surface area contributed by atoms with Crippen molar-refractivity contribution in [2.24, 2.45) is 0 Å². The van der Waals surface area contributed by atoms with Gasteiger partial charge in [0, 0.05) is 23.2 Å². The van der Waals surface area contributed by atoms with Crippen LogP contribution in [0.5, 0.6) is 0 Å². The van der Waals surface area contributed by atoms with E-state index in [4.69, 9.17) is 11.6 Å². The van der Waals surface area contributed by atoms with Gasteiger partial charge >= 0.3 is 0 Å². The maximum absolute atomic E-state index is 13.5. The lowest BCUT2D eigenvalue weighted by Crippen LogP contribution is -2.29. The van der Waals surface area contributed by atoms with Crippen LogP contribution in [0.1, 0.15) is 11.7 Å². The molecule has 0 saturated carbocycles. The second-order valence-electron chi connectivity index (χ2n) is 4.46. The van der Waals surface area contributed by atoms with Crippen molar-refractivity contribution in [1.29, 1.82) is 0 Å². The molecule has 2 aromatic rings. The summed E-state index contributed by atoms with van der Waals surface area (Å²) < 4.78 is 52.3. The summed E-state index contributed by atoms with van der Waals surface area (Å²) >= 11 is 5.89. The summed E-state index contributed by atoms with van der Waals surface area (Å²) in [6, 6.07) is 8.51. The van der Waals surface area contributed by atoms with Crippen LogP contribution in [0.3, 0.4) is 0 Å². The molecule has 0 saturated heterocycles. The molecule has 118 valence electrons. The fourth-order valence-corrected chi connectivity index (χ4v) is 3.17. The number of sulfonamides is 1. The van der Waals surface area contributed by atoms with Crippen LogP contribution in [-0.4, -0.2) is 20.1 Å². The van der Waals surface area contributed by atoms with Gasteiger partial charge in [-0.2, -0.15) is 0 Å². The van der Waals surface area contributed by atoms with E-state index in [9.17, 15) is 22.3 Å². The van der Waals surface area contributed by atoms with Gasteiger partial charge < -0.3 is 5.11 Å². The zero-order valence-corrected chi connectivity index (χ0v) is 12.7. The van der Waals surface area contributed by atoms with Crippen LogP contribution in [0.4, 0.5) is 8.78 Å². The maximum atomic E-state index is 13.5. The predicted octanol–water partition coefficient (Wildman–Crippen LogP) is 2.63. The standard InChI is InChI=1S/C14H12ClF2NO3S/c15-11-4-2-1-3-10(11)13(19)8-18-22(20,21)14-6-5-9(16)7-12(14)17/h1-7,13,18-19H,8H2. The third-order valence-electron chi connectivity index (χ3n) is 2.91. The average Bonchev–Trinajstić information content (AvgIpc) is 2.45. The van der Waals surface area contributed by atoms with E-state index in [0.717, 1.165) is 12.1 Å². The number of halogens is 3. The van der Waals surface area contributed by atoms with Crippen LogP contribution in [0.15, 0.2) is 47.4 Å². The Hall–Kier alpha value is -1.54. The summed E-state index contributed by atoms with van der Waals surface area (Å²) in [7, 11) is -4.22. The zero-order valence-electron chi connectivity index (χ0n) is 11.1. The van der Waals surface area contributed by atoms with Crippen molar-refractivity contribution in [3.8, 4) is 0 Å². The van der Waals surface area contributed by atoms with Crippen LogP contribution >= 0.6 is 11.6 Å². The van der Waals surface area contributed by atoms with Gasteiger partial charge in [-0.3, -0.25) is 0 Å². The summed E-state index contributed by atoms with van der Waals surface area (Å²) in [5.74, 6) is -2.09. The number of hydrogen-bond donors (Lipinski definition) is 2. The number of hydrogen-bond acceptors (Lipinski definition) is 3. The van der Waals surface area contributed by atoms with Crippen LogP contribution in [-0.2, 0) is 10.0 Å². The Morgan fingerprint density at radius 1 is 1.18 bits per heavy atom. The summed E-state index contributed by atoms with van der Waals surface area (Å²) in [5.41, 5.74) is 0.339. The van der Waals surface area contributed by atoms with Gasteiger partial charge in [-0.15, -0.1) is 0 Å². The molecule has 4 nitrogen and oxygen atoms in total. The van der Waals surface area contributed by atoms with Crippen LogP contribution in [0.25, 0.3) is 0 Å². The normalized spacial score (nSPS) is 13.1. The van der Waals surface area contributed by atoms with Gasteiger partial charge in [-0.1, -0.05) is 29.8 Å². The van der Waals surface area contributed by atoms with Crippen molar-refractivity contribution in [1.82, 2.24) is 4.72 Å². The largest absolute Gasteiger partial charge is 0.387 e. The first kappa shape index (κ1) is 16.8. The van der Waals surface area contributed by atoms with Crippen LogP contribution < -0.4 is 4.72 Å². The van der Waals surface area contributed by atoms with E-state index in [-0.39, 0.29) is 5.02 Å². The first-order chi connectivity index (χ1) is 10.3. The minimum absolute atomic E-state index is 0.280. The molecule has 22 heavy (non-hydrogen) atoms. The van der Waals surface area contributed by atoms with Crippen molar-refractivity contribution >= 4 is 21.6 Å². The van der Waals surface area contributed by atoms with Crippen molar-refractivity contribution in [2.75, 3.05) is 6.54 Å². The van der Waals surface area contributed by atoms with Crippen molar-refractivity contribution in [3.63, 3.8) is 0 Å². The highest BCUT2D eigenvalue weighted by Crippen LogP contribution is 2.22. The Labute approximate surface area is 131 Å². The van der Waals surface area contributed by atoms with Crippen molar-refractivity contribution in [2.45, 2.75) is 11.0 Å². The lowest BCUT2D eigenvalue weighted by atomic mass is 10.1. The average molecular weight is 348 g/mol. The Morgan fingerprint density at radius 2 is 1.86 bits per heavy atom. The summed E-state index contributed by atoms with van der Waals surface area (Å²) in [6.07, 6.45) is -1.20. The van der Waals surface area contributed by atoms with Crippen molar-refractivity contribution < 1.29 is 22.3 Å². The Balaban J connectivity index is 2.15. The molecule has 0 aliphatic carbocycles. The molecule has 0 fully saturated rings. The molecule has 1 atom stereocenters. The highest BCUT2D eigenvalue weighted by molar-refractivity contribution is 7.89. The summed E-state index contributed by atoms with van der Waals surface area (Å²) in [6.45, 7) is -0.400. The molecule has 8 heteroatoms. The first-order valence-corrected chi connectivity index (χ1v) is 8.04. The van der Waals surface area contributed by atoms with Gasteiger partial charge in [0.15, 0.2) is 0 Å². The van der Waals surface area contributed by atoms with E-state index in [0.29, 0.717) is 11.6 Å². The number of benzene rings is 2. The van der Waals surface area contributed by atoms with Gasteiger partial charge in [0.2, 0.25) is 10.0 Å². The maximum Gasteiger partial charge on any atom is 0.243 e. The van der Waals surface area contributed by atoms with E-state index >= 15 is 0 Å². The fraction of sp³-hybridized carbons (Fsp3) is 0.143. The molecule has 0 aliphatic heterocycles. The molecular weight excluding hydrogens is 336 g/mol. The van der Waals surface area contributed by atoms with Gasteiger partial charge in [0.1, 0.15) is 16.5 Å². The highest BCUT2D eigenvalue weighted by atomic mass is 35.5. The monoisotopic (exact) mass is 347 g/mol. The second kappa shape index (κ2) is 6.70. The predicted molar refractivity (Wildman–Crippen MR) is 78.0 cm³/mol. The van der Waals surface area contributed by atoms with Gasteiger partial charge in [-0.25, -0.2) is 21.9 Å². The van der Waals surface area contributed by atoms with E-state index in [2.05, 4.69) is 4.72 Å². The molecule has 0 aliphatic rings. The molecule has 0 radical (unpaired) electrons. The van der Waals surface area contributed by atoms with E-state index in [1.54, 1.807) is 24.3 Å². The highest BCUT2D eigenvalue weighted by Gasteiger charge is 2.21. The van der Waals surface area contributed by atoms with Gasteiger partial charge in [-0.05, 0) is 18.2 Å². The topological polar surface area (TPSA) is 66.4 Å². The lowest BCUT2D eigenvalue weighted by molar-refractivity contribution is 0.182. The number of nitrogens with one attached hydrogen (secondary N) is 1. The lowest BCUT2D eigenvalue weighted by Gasteiger charge is -2.14. The molecule has 0 aromatic heterocycles. The molecule has 1 unspecified atom stereocenters. The molecule has 0 heterocycles. The third kappa shape index (κ3) is 3.80. The fourth-order valence-electron chi connectivity index (χ4n) is 1.81. The molecule has 0 amide bonds. The summed E-state index contributed by atoms with van der Waals surface area (Å²) in [5, 5.41) is 10.2. The van der Waals surface area contributed by atoms with E-state index in [1.165, 1.54) is 0 Å². The zero-order chi connectivity index (χ0) is 16.3. The van der Waals surface area contributed by atoms with Gasteiger partial charge in [0.25, 0.3) is 0 Å². The van der Waals surface area contributed by atoms with Crippen LogP contribution in [0, 0.1) is 11.6 Å². The van der Waals surface area contributed by atoms with Crippen LogP contribution in [0.2, 0.25) is 5.02 Å². The number of aliphatic hydroxyl groups is 1. The molecule has 2 rings (SSSR count). The number of aliphatic hydroxyl groups excluding tert-OH is 1.